The molecular formula is C12H19ClN3O3Y-. The second-order valence-corrected chi connectivity index (χ2v) is 3.44. The van der Waals surface area contributed by atoms with Gasteiger partial charge in [0.25, 0.3) is 0 Å². The standard InChI is InChI=1S/C7H7NO.C3H7N.CH3Cl.CH3NO2.Y/c8-7(9)6-4-2-1-3-5-6;1-4-2-3-4;1-2;1-2(3)4;/h1-5H,(H2,8,9);2-3H2,1H3;1H3;1H3;/p-1. The van der Waals surface area contributed by atoms with E-state index >= 15 is 0 Å². The minimum atomic E-state index is -0.629. The van der Waals surface area contributed by atoms with Crippen LogP contribution in [0.3, 0.4) is 0 Å². The molecular weight excluding hydrogens is 359 g/mol. The van der Waals surface area contributed by atoms with Crippen LogP contribution in [0.5, 0.6) is 0 Å². The van der Waals surface area contributed by atoms with Crippen LogP contribution in [0.1, 0.15) is 10.4 Å². The zero-order valence-electron chi connectivity index (χ0n) is 11.9. The first-order chi connectivity index (χ1) is 8.93. The molecule has 1 aliphatic rings. The summed E-state index contributed by atoms with van der Waals surface area (Å²) < 4.78 is 0. The van der Waals surface area contributed by atoms with E-state index in [1.165, 1.54) is 19.5 Å². The predicted octanol–water partition coefficient (Wildman–Crippen LogP) is 2.56. The third kappa shape index (κ3) is 22.6. The Kier molecular flexibility index (Phi) is 20.2. The van der Waals surface area contributed by atoms with Gasteiger partial charge in [-0.3, -0.25) is 10.1 Å². The van der Waals surface area contributed by atoms with Crippen molar-refractivity contribution in [3.63, 3.8) is 0 Å². The summed E-state index contributed by atoms with van der Waals surface area (Å²) in [5.41, 5.74) is 7.12. The molecule has 0 saturated carbocycles. The van der Waals surface area contributed by atoms with Gasteiger partial charge >= 0.3 is 0 Å². The Morgan fingerprint density at radius 1 is 1.30 bits per heavy atom. The van der Waals surface area contributed by atoms with Crippen molar-refractivity contribution in [1.29, 1.82) is 0 Å². The van der Waals surface area contributed by atoms with Crippen molar-refractivity contribution in [2.75, 3.05) is 33.6 Å². The number of benzene rings is 1. The van der Waals surface area contributed by atoms with Gasteiger partial charge in [0.2, 0.25) is 0 Å². The number of carbonyl (C=O) groups excluding carboxylic acids is 1. The van der Waals surface area contributed by atoms with Crippen molar-refractivity contribution in [3.05, 3.63) is 51.7 Å². The molecule has 0 bridgehead atoms. The summed E-state index contributed by atoms with van der Waals surface area (Å²) in [7, 11) is 3.00. The molecule has 0 aromatic heterocycles. The molecule has 1 heterocycles. The molecule has 1 aromatic rings. The monoisotopic (exact) mass is 377 g/mol. The van der Waals surface area contributed by atoms with Gasteiger partial charge in [0, 0.05) is 57.1 Å². The largest absolute Gasteiger partial charge is 0.664 e. The molecule has 6 nitrogen and oxygen atoms in total. The van der Waals surface area contributed by atoms with Crippen LogP contribution in [0.25, 0.3) is 5.73 Å². The number of hydrogen-bond acceptors (Lipinski definition) is 4. The van der Waals surface area contributed by atoms with E-state index in [9.17, 15) is 4.79 Å². The molecule has 1 N–H and O–H groups in total. The second kappa shape index (κ2) is 16.5. The number of nitro groups is 1. The summed E-state index contributed by atoms with van der Waals surface area (Å²) in [4.78, 5) is 20.9. The number of nitrogens with zero attached hydrogens (tertiary/aromatic N) is 2. The van der Waals surface area contributed by atoms with E-state index in [0.717, 1.165) is 7.05 Å². The summed E-state index contributed by atoms with van der Waals surface area (Å²) in [6.07, 6.45) is 1.47. The van der Waals surface area contributed by atoms with Crippen LogP contribution in [0.15, 0.2) is 30.3 Å². The molecule has 1 radical (unpaired) electrons. The van der Waals surface area contributed by atoms with E-state index in [2.05, 4.69) is 23.5 Å². The van der Waals surface area contributed by atoms with Crippen LogP contribution < -0.4 is 0 Å². The molecule has 1 amide bonds. The first kappa shape index (κ1) is 24.5. The average molecular weight is 378 g/mol. The van der Waals surface area contributed by atoms with Gasteiger partial charge in [0.05, 0.1) is 5.91 Å². The van der Waals surface area contributed by atoms with Crippen molar-refractivity contribution in [3.8, 4) is 0 Å². The topological polar surface area (TPSA) is 87.0 Å². The molecule has 20 heavy (non-hydrogen) atoms. The summed E-state index contributed by atoms with van der Waals surface area (Å²) in [6, 6.07) is 8.53. The maximum atomic E-state index is 10.3. The molecule has 0 unspecified atom stereocenters. The van der Waals surface area contributed by atoms with Crippen LogP contribution >= 0.6 is 11.6 Å². The van der Waals surface area contributed by atoms with Crippen molar-refractivity contribution >= 4 is 17.5 Å². The second-order valence-electron chi connectivity index (χ2n) is 3.44. The van der Waals surface area contributed by atoms with E-state index in [1.807, 2.05) is 6.07 Å². The molecule has 0 aliphatic carbocycles. The summed E-state index contributed by atoms with van der Waals surface area (Å²) in [6.45, 7) is 2.64. The Hall–Kier alpha value is -0.556. The minimum absolute atomic E-state index is 0. The number of amides is 1. The molecule has 8 heteroatoms. The van der Waals surface area contributed by atoms with Crippen LogP contribution in [-0.4, -0.2) is 49.3 Å². The SMILES string of the molecule is CCl.CN1CC1.C[N+](=O)[O-].[NH-]C(=O)c1ccccc1.[Y]. The third-order valence-electron chi connectivity index (χ3n) is 1.71. The molecule has 1 fully saturated rings. The Bertz CT molecular complexity index is 358. The van der Waals surface area contributed by atoms with Gasteiger partial charge in [0.1, 0.15) is 0 Å². The molecule has 2 rings (SSSR count). The fourth-order valence-corrected chi connectivity index (χ4v) is 0.690. The maximum Gasteiger partial charge on any atom is 0.194 e. The Labute approximate surface area is 149 Å². The Morgan fingerprint density at radius 3 is 1.75 bits per heavy atom. The predicted molar refractivity (Wildman–Crippen MR) is 77.3 cm³/mol. The number of rotatable bonds is 1. The number of carbonyl (C=O) groups is 1. The molecule has 0 atom stereocenters. The Balaban J connectivity index is -0.000000223. The summed E-state index contributed by atoms with van der Waals surface area (Å²) in [5, 5.41) is 8.81. The first-order valence-corrected chi connectivity index (χ1v) is 6.14. The molecule has 111 valence electrons. The summed E-state index contributed by atoms with van der Waals surface area (Å²) in [5.74, 6) is -0.629. The van der Waals surface area contributed by atoms with Crippen molar-refractivity contribution in [1.82, 2.24) is 4.90 Å². The van der Waals surface area contributed by atoms with E-state index in [4.69, 9.17) is 15.8 Å². The zero-order valence-corrected chi connectivity index (χ0v) is 15.5. The van der Waals surface area contributed by atoms with Gasteiger partial charge in [-0.25, -0.2) is 0 Å². The maximum absolute atomic E-state index is 10.3. The number of nitrogens with one attached hydrogen (secondary N) is 1. The first-order valence-electron chi connectivity index (χ1n) is 5.38. The number of halogens is 1. The number of hydrogen-bond donors (Lipinski definition) is 0. The van der Waals surface area contributed by atoms with Gasteiger partial charge in [-0.05, 0) is 12.6 Å². The smallest absolute Gasteiger partial charge is 0.194 e. The normalized spacial score (nSPS) is 10.8. The summed E-state index contributed by atoms with van der Waals surface area (Å²) >= 11 is 4.64. The fraction of sp³-hybridized carbons (Fsp3) is 0.417. The quantitative estimate of drug-likeness (QED) is 0.326. The fourth-order valence-electron chi connectivity index (χ4n) is 0.690. The Morgan fingerprint density at radius 2 is 1.60 bits per heavy atom. The van der Waals surface area contributed by atoms with Crippen LogP contribution in [0, 0.1) is 10.1 Å². The van der Waals surface area contributed by atoms with Gasteiger partial charge in [-0.15, -0.1) is 11.6 Å². The van der Waals surface area contributed by atoms with Crippen LogP contribution in [-0.2, 0) is 32.7 Å². The van der Waals surface area contributed by atoms with Gasteiger partial charge in [-0.1, -0.05) is 30.3 Å². The third-order valence-corrected chi connectivity index (χ3v) is 1.71. The van der Waals surface area contributed by atoms with E-state index in [0.29, 0.717) is 5.56 Å². The van der Waals surface area contributed by atoms with Gasteiger partial charge in [0.15, 0.2) is 7.05 Å². The molecule has 0 spiro atoms. The molecule has 1 saturated heterocycles. The van der Waals surface area contributed by atoms with Gasteiger partial charge < -0.3 is 15.4 Å². The van der Waals surface area contributed by atoms with E-state index in [-0.39, 0.29) is 32.7 Å². The molecule has 1 aliphatic heterocycles. The minimum Gasteiger partial charge on any atom is -0.664 e. The average Bonchev–Trinajstić information content (AvgIpc) is 3.15. The van der Waals surface area contributed by atoms with E-state index < -0.39 is 10.8 Å². The van der Waals surface area contributed by atoms with Crippen molar-refractivity contribution in [2.45, 2.75) is 0 Å². The van der Waals surface area contributed by atoms with Crippen molar-refractivity contribution in [2.24, 2.45) is 0 Å². The van der Waals surface area contributed by atoms with Crippen LogP contribution in [0.4, 0.5) is 0 Å². The number of alkyl halides is 1. The van der Waals surface area contributed by atoms with Crippen molar-refractivity contribution < 1.29 is 42.4 Å². The van der Waals surface area contributed by atoms with Crippen LogP contribution in [0.2, 0.25) is 0 Å². The van der Waals surface area contributed by atoms with E-state index in [1.54, 1.807) is 24.3 Å². The number of likely N-dealkylation sites (N-methyl/N-ethyl adjacent to an activating group) is 1. The molecule has 1 aromatic carbocycles. The zero-order chi connectivity index (χ0) is 15.3. The van der Waals surface area contributed by atoms with Gasteiger partial charge in [-0.2, -0.15) is 0 Å².